The lowest BCUT2D eigenvalue weighted by Crippen LogP contribution is -2.37. The number of rotatable bonds is 4. The van der Waals surface area contributed by atoms with E-state index >= 15 is 0 Å². The molecule has 0 atom stereocenters. The van der Waals surface area contributed by atoms with E-state index in [1.54, 1.807) is 6.07 Å². The summed E-state index contributed by atoms with van der Waals surface area (Å²) in [7, 11) is 0. The quantitative estimate of drug-likeness (QED) is 0.837. The number of hydrogen-bond donors (Lipinski definition) is 1. The highest BCUT2D eigenvalue weighted by atomic mass is 16.2. The molecule has 2 rings (SSSR count). The van der Waals surface area contributed by atoms with E-state index in [2.05, 4.69) is 6.07 Å². The third kappa shape index (κ3) is 2.83. The van der Waals surface area contributed by atoms with Crippen LogP contribution in [0, 0.1) is 11.3 Å². The molecule has 4 nitrogen and oxygen atoms in total. The molecule has 0 aromatic heterocycles. The van der Waals surface area contributed by atoms with Gasteiger partial charge in [0.05, 0.1) is 18.2 Å². The molecule has 4 heteroatoms. The second-order valence-electron chi connectivity index (χ2n) is 4.27. The van der Waals surface area contributed by atoms with Crippen molar-refractivity contribution in [2.45, 2.75) is 25.4 Å². The van der Waals surface area contributed by atoms with Gasteiger partial charge in [-0.2, -0.15) is 5.26 Å². The predicted molar refractivity (Wildman–Crippen MR) is 63.8 cm³/mol. The molecule has 0 aliphatic heterocycles. The number of nitriles is 1. The van der Waals surface area contributed by atoms with Crippen LogP contribution in [0.3, 0.4) is 0 Å². The van der Waals surface area contributed by atoms with Crippen LogP contribution in [0.4, 0.5) is 0 Å². The first kappa shape index (κ1) is 11.6. The van der Waals surface area contributed by atoms with E-state index in [-0.39, 0.29) is 12.5 Å². The molecule has 2 N–H and O–H groups in total. The third-order valence-electron chi connectivity index (χ3n) is 2.89. The summed E-state index contributed by atoms with van der Waals surface area (Å²) in [5.74, 6) is -0.0186. The number of nitrogens with zero attached hydrogens (tertiary/aromatic N) is 2. The van der Waals surface area contributed by atoms with Crippen molar-refractivity contribution in [3.63, 3.8) is 0 Å². The van der Waals surface area contributed by atoms with E-state index < -0.39 is 0 Å². The number of amides is 1. The van der Waals surface area contributed by atoms with Crippen molar-refractivity contribution in [3.05, 3.63) is 35.4 Å². The highest BCUT2D eigenvalue weighted by molar-refractivity contribution is 5.78. The Hall–Kier alpha value is -1.86. The predicted octanol–water partition coefficient (Wildman–Crippen LogP) is 1.01. The van der Waals surface area contributed by atoms with E-state index in [0.717, 1.165) is 18.4 Å². The van der Waals surface area contributed by atoms with Crippen LogP contribution in [0.5, 0.6) is 0 Å². The Labute approximate surface area is 101 Å². The summed E-state index contributed by atoms with van der Waals surface area (Å²) >= 11 is 0. The number of nitrogens with two attached hydrogens (primary N) is 1. The van der Waals surface area contributed by atoms with Crippen LogP contribution in [0.1, 0.15) is 24.0 Å². The molecular weight excluding hydrogens is 214 g/mol. The highest BCUT2D eigenvalue weighted by Crippen LogP contribution is 2.28. The molecule has 1 aromatic rings. The Bertz CT molecular complexity index is 460. The molecular formula is C13H15N3O. The topological polar surface area (TPSA) is 70.1 Å². The SMILES string of the molecule is N#Cc1cccc(CN(C(=O)CN)C2CC2)c1. The summed E-state index contributed by atoms with van der Waals surface area (Å²) in [6.07, 6.45) is 2.12. The maximum atomic E-state index is 11.7. The minimum atomic E-state index is -0.0186. The number of hydrogen-bond acceptors (Lipinski definition) is 3. The zero-order valence-corrected chi connectivity index (χ0v) is 9.60. The van der Waals surface area contributed by atoms with Gasteiger partial charge in [-0.25, -0.2) is 0 Å². The van der Waals surface area contributed by atoms with Crippen LogP contribution in [-0.2, 0) is 11.3 Å². The van der Waals surface area contributed by atoms with Crippen molar-refractivity contribution in [2.24, 2.45) is 5.73 Å². The molecule has 1 amide bonds. The smallest absolute Gasteiger partial charge is 0.236 e. The van der Waals surface area contributed by atoms with Gasteiger partial charge in [-0.3, -0.25) is 4.79 Å². The zero-order chi connectivity index (χ0) is 12.3. The first-order chi connectivity index (χ1) is 8.24. The monoisotopic (exact) mass is 229 g/mol. The normalized spacial score (nSPS) is 14.1. The van der Waals surface area contributed by atoms with Gasteiger partial charge in [-0.15, -0.1) is 0 Å². The summed E-state index contributed by atoms with van der Waals surface area (Å²) in [5.41, 5.74) is 7.01. The van der Waals surface area contributed by atoms with E-state index in [9.17, 15) is 4.79 Å². The molecule has 17 heavy (non-hydrogen) atoms. The van der Waals surface area contributed by atoms with Gasteiger partial charge in [0.1, 0.15) is 0 Å². The molecule has 1 aliphatic rings. The van der Waals surface area contributed by atoms with Crippen molar-refractivity contribution in [1.82, 2.24) is 4.90 Å². The van der Waals surface area contributed by atoms with E-state index in [1.165, 1.54) is 0 Å². The Morgan fingerprint density at radius 3 is 2.88 bits per heavy atom. The second kappa shape index (κ2) is 4.98. The van der Waals surface area contributed by atoms with Crippen LogP contribution >= 0.6 is 0 Å². The fourth-order valence-electron chi connectivity index (χ4n) is 1.86. The fourth-order valence-corrected chi connectivity index (χ4v) is 1.86. The van der Waals surface area contributed by atoms with Gasteiger partial charge in [0.15, 0.2) is 0 Å². The Balaban J connectivity index is 2.11. The summed E-state index contributed by atoms with van der Waals surface area (Å²) in [6.45, 7) is 0.602. The van der Waals surface area contributed by atoms with Crippen LogP contribution in [-0.4, -0.2) is 23.4 Å². The molecule has 0 bridgehead atoms. The van der Waals surface area contributed by atoms with Crippen molar-refractivity contribution in [2.75, 3.05) is 6.54 Å². The molecule has 1 aromatic carbocycles. The van der Waals surface area contributed by atoms with Crippen LogP contribution in [0.2, 0.25) is 0 Å². The molecule has 0 saturated heterocycles. The molecule has 1 saturated carbocycles. The molecule has 0 radical (unpaired) electrons. The summed E-state index contributed by atoms with van der Waals surface area (Å²) in [5, 5.41) is 8.82. The molecule has 0 spiro atoms. The van der Waals surface area contributed by atoms with E-state index in [0.29, 0.717) is 18.2 Å². The van der Waals surface area contributed by atoms with Crippen LogP contribution in [0.15, 0.2) is 24.3 Å². The summed E-state index contributed by atoms with van der Waals surface area (Å²) in [4.78, 5) is 13.5. The molecule has 88 valence electrons. The average Bonchev–Trinajstić information content (AvgIpc) is 3.19. The van der Waals surface area contributed by atoms with Crippen molar-refractivity contribution in [1.29, 1.82) is 5.26 Å². The molecule has 1 fully saturated rings. The van der Waals surface area contributed by atoms with E-state index in [4.69, 9.17) is 11.0 Å². The van der Waals surface area contributed by atoms with Gasteiger partial charge in [-0.05, 0) is 30.5 Å². The summed E-state index contributed by atoms with van der Waals surface area (Å²) in [6, 6.07) is 9.79. The van der Waals surface area contributed by atoms with Crippen molar-refractivity contribution < 1.29 is 4.79 Å². The van der Waals surface area contributed by atoms with Crippen molar-refractivity contribution >= 4 is 5.91 Å². The molecule has 0 heterocycles. The second-order valence-corrected chi connectivity index (χ2v) is 4.27. The van der Waals surface area contributed by atoms with Crippen LogP contribution in [0.25, 0.3) is 0 Å². The van der Waals surface area contributed by atoms with E-state index in [1.807, 2.05) is 23.1 Å². The highest BCUT2D eigenvalue weighted by Gasteiger charge is 2.31. The minimum Gasteiger partial charge on any atom is -0.334 e. The van der Waals surface area contributed by atoms with Gasteiger partial charge in [-0.1, -0.05) is 12.1 Å². The maximum Gasteiger partial charge on any atom is 0.236 e. The standard InChI is InChI=1S/C13H15N3O/c14-7-10-2-1-3-11(6-10)9-16(12-4-5-12)13(17)8-15/h1-3,6,12H,4-5,8-9,15H2. The average molecular weight is 229 g/mol. The largest absolute Gasteiger partial charge is 0.334 e. The molecule has 0 unspecified atom stereocenters. The van der Waals surface area contributed by atoms with Crippen LogP contribution < -0.4 is 5.73 Å². The first-order valence-electron chi connectivity index (χ1n) is 5.73. The van der Waals surface area contributed by atoms with Crippen molar-refractivity contribution in [3.8, 4) is 6.07 Å². The fraction of sp³-hybridized carbons (Fsp3) is 0.385. The van der Waals surface area contributed by atoms with Gasteiger partial charge < -0.3 is 10.6 Å². The number of carbonyl (C=O) groups is 1. The van der Waals surface area contributed by atoms with Gasteiger partial charge in [0.2, 0.25) is 5.91 Å². The summed E-state index contributed by atoms with van der Waals surface area (Å²) < 4.78 is 0. The third-order valence-corrected chi connectivity index (χ3v) is 2.89. The lowest BCUT2D eigenvalue weighted by molar-refractivity contribution is -0.130. The lowest BCUT2D eigenvalue weighted by atomic mass is 10.1. The Morgan fingerprint density at radius 1 is 1.53 bits per heavy atom. The molecule has 1 aliphatic carbocycles. The number of benzene rings is 1. The maximum absolute atomic E-state index is 11.7. The minimum absolute atomic E-state index is 0.0186. The van der Waals surface area contributed by atoms with Gasteiger partial charge in [0, 0.05) is 12.6 Å². The van der Waals surface area contributed by atoms with Gasteiger partial charge in [0.25, 0.3) is 0 Å². The zero-order valence-electron chi connectivity index (χ0n) is 9.60. The Morgan fingerprint density at radius 2 is 2.29 bits per heavy atom. The lowest BCUT2D eigenvalue weighted by Gasteiger charge is -2.21. The first-order valence-corrected chi connectivity index (χ1v) is 5.73. The Kier molecular flexibility index (Phi) is 3.40. The number of carbonyl (C=O) groups excluding carboxylic acids is 1. The van der Waals surface area contributed by atoms with Gasteiger partial charge >= 0.3 is 0 Å².